The minimum absolute atomic E-state index is 0.223. The minimum Gasteiger partial charge on any atom is -0.497 e. The average molecular weight is 392 g/mol. The Morgan fingerprint density at radius 1 is 1.12 bits per heavy atom. The van der Waals surface area contributed by atoms with Crippen LogP contribution in [0.3, 0.4) is 0 Å². The summed E-state index contributed by atoms with van der Waals surface area (Å²) in [6, 6.07) is 15.9. The lowest BCUT2D eigenvalue weighted by molar-refractivity contribution is 0.414. The van der Waals surface area contributed by atoms with Crippen molar-refractivity contribution in [2.45, 2.75) is 11.4 Å². The van der Waals surface area contributed by atoms with Crippen molar-refractivity contribution in [1.82, 2.24) is 0 Å². The monoisotopic (exact) mass is 391 g/mol. The summed E-state index contributed by atoms with van der Waals surface area (Å²) in [5.41, 5.74) is 2.63. The molecule has 4 nitrogen and oxygen atoms in total. The van der Waals surface area contributed by atoms with Crippen LogP contribution in [0.1, 0.15) is 5.56 Å². The first-order valence-electron chi connectivity index (χ1n) is 7.55. The highest BCUT2D eigenvalue weighted by Gasteiger charge is 2.33. The molecule has 0 atom stereocenters. The Hall–Kier alpha value is -2.02. The molecule has 2 aromatic carbocycles. The van der Waals surface area contributed by atoms with Crippen LogP contribution in [0, 0.1) is 0 Å². The van der Waals surface area contributed by atoms with Gasteiger partial charge in [-0.15, -0.1) is 11.3 Å². The van der Waals surface area contributed by atoms with Crippen molar-refractivity contribution in [1.29, 1.82) is 0 Å². The average Bonchev–Trinajstić information content (AvgIpc) is 3.02. The summed E-state index contributed by atoms with van der Waals surface area (Å²) < 4.78 is 33.5. The number of hydrogen-bond acceptors (Lipinski definition) is 4. The van der Waals surface area contributed by atoms with Crippen molar-refractivity contribution in [3.63, 3.8) is 0 Å². The standard InChI is InChI=1S/C18H14ClNO3S2/c1-23-13-6-8-14(9-7-13)25(21,22)20-11-12-4-2-3-5-15(12)18-16(20)10-17(19)24-18/h2-10H,11H2,1H3. The Labute approximate surface area is 155 Å². The topological polar surface area (TPSA) is 46.6 Å². The minimum atomic E-state index is -3.70. The van der Waals surface area contributed by atoms with Crippen LogP contribution in [0.4, 0.5) is 5.69 Å². The van der Waals surface area contributed by atoms with Crippen LogP contribution in [0.5, 0.6) is 5.75 Å². The fourth-order valence-electron chi connectivity index (χ4n) is 2.94. The number of rotatable bonds is 3. The maximum atomic E-state index is 13.2. The second-order valence-electron chi connectivity index (χ2n) is 5.61. The molecule has 0 saturated heterocycles. The van der Waals surface area contributed by atoms with Crippen molar-refractivity contribution in [2.24, 2.45) is 0 Å². The lowest BCUT2D eigenvalue weighted by atomic mass is 10.0. The molecule has 3 aromatic rings. The number of sulfonamides is 1. The maximum Gasteiger partial charge on any atom is 0.264 e. The Balaban J connectivity index is 1.85. The van der Waals surface area contributed by atoms with E-state index in [-0.39, 0.29) is 11.4 Å². The SMILES string of the molecule is COc1ccc(S(=O)(=O)N2Cc3ccccc3-c3sc(Cl)cc32)cc1. The third-order valence-corrected chi connectivity index (χ3v) is 7.24. The van der Waals surface area contributed by atoms with Gasteiger partial charge in [0.1, 0.15) is 5.75 Å². The van der Waals surface area contributed by atoms with Gasteiger partial charge in [0.15, 0.2) is 0 Å². The van der Waals surface area contributed by atoms with Gasteiger partial charge in [0, 0.05) is 0 Å². The molecular weight excluding hydrogens is 378 g/mol. The predicted molar refractivity (Wildman–Crippen MR) is 101 cm³/mol. The van der Waals surface area contributed by atoms with Gasteiger partial charge < -0.3 is 4.74 Å². The van der Waals surface area contributed by atoms with E-state index in [1.165, 1.54) is 15.6 Å². The lowest BCUT2D eigenvalue weighted by Crippen LogP contribution is -2.32. The van der Waals surface area contributed by atoms with Gasteiger partial charge in [0.25, 0.3) is 10.0 Å². The zero-order chi connectivity index (χ0) is 17.6. The highest BCUT2D eigenvalue weighted by atomic mass is 35.5. The van der Waals surface area contributed by atoms with Crippen LogP contribution >= 0.6 is 22.9 Å². The van der Waals surface area contributed by atoms with Gasteiger partial charge in [-0.25, -0.2) is 8.42 Å². The predicted octanol–water partition coefficient (Wildman–Crippen LogP) is 4.79. The van der Waals surface area contributed by atoms with E-state index in [1.807, 2.05) is 24.3 Å². The molecule has 0 fully saturated rings. The molecule has 1 aromatic heterocycles. The van der Waals surface area contributed by atoms with Crippen molar-refractivity contribution in [2.75, 3.05) is 11.4 Å². The number of hydrogen-bond donors (Lipinski definition) is 0. The highest BCUT2D eigenvalue weighted by Crippen LogP contribution is 2.48. The van der Waals surface area contributed by atoms with Crippen LogP contribution in [-0.4, -0.2) is 15.5 Å². The first kappa shape index (κ1) is 16.4. The highest BCUT2D eigenvalue weighted by molar-refractivity contribution is 7.92. The molecule has 128 valence electrons. The second-order valence-corrected chi connectivity index (χ2v) is 9.16. The van der Waals surface area contributed by atoms with E-state index in [0.717, 1.165) is 16.0 Å². The van der Waals surface area contributed by atoms with E-state index in [4.69, 9.17) is 16.3 Å². The molecule has 0 N–H and O–H groups in total. The maximum absolute atomic E-state index is 13.2. The summed E-state index contributed by atoms with van der Waals surface area (Å²) in [4.78, 5) is 1.10. The van der Waals surface area contributed by atoms with Crippen molar-refractivity contribution in [3.05, 3.63) is 64.5 Å². The first-order chi connectivity index (χ1) is 12.0. The molecule has 0 spiro atoms. The first-order valence-corrected chi connectivity index (χ1v) is 10.2. The smallest absolute Gasteiger partial charge is 0.264 e. The number of thiophene rings is 1. The van der Waals surface area contributed by atoms with Crippen LogP contribution in [0.15, 0.2) is 59.5 Å². The molecule has 0 saturated carbocycles. The van der Waals surface area contributed by atoms with E-state index < -0.39 is 10.0 Å². The Morgan fingerprint density at radius 3 is 2.56 bits per heavy atom. The second kappa shape index (κ2) is 6.05. The Morgan fingerprint density at radius 2 is 1.84 bits per heavy atom. The molecule has 0 amide bonds. The molecule has 0 radical (unpaired) electrons. The lowest BCUT2D eigenvalue weighted by Gasteiger charge is -2.29. The van der Waals surface area contributed by atoms with Crippen LogP contribution in [-0.2, 0) is 16.6 Å². The Kier molecular flexibility index (Phi) is 3.98. The van der Waals surface area contributed by atoms with Gasteiger partial charge in [-0.1, -0.05) is 35.9 Å². The zero-order valence-electron chi connectivity index (χ0n) is 13.3. The van der Waals surface area contributed by atoms with E-state index in [1.54, 1.807) is 37.4 Å². The largest absolute Gasteiger partial charge is 0.497 e. The third-order valence-electron chi connectivity index (χ3n) is 4.17. The third kappa shape index (κ3) is 2.70. The number of fused-ring (bicyclic) bond motifs is 3. The molecule has 0 bridgehead atoms. The fraction of sp³-hybridized carbons (Fsp3) is 0.111. The van der Waals surface area contributed by atoms with Crippen molar-refractivity contribution in [3.8, 4) is 16.2 Å². The van der Waals surface area contributed by atoms with E-state index >= 15 is 0 Å². The van der Waals surface area contributed by atoms with Crippen molar-refractivity contribution < 1.29 is 13.2 Å². The molecule has 2 heterocycles. The number of methoxy groups -OCH3 is 1. The van der Waals surface area contributed by atoms with Gasteiger partial charge in [-0.05, 0) is 41.5 Å². The zero-order valence-corrected chi connectivity index (χ0v) is 15.7. The quantitative estimate of drug-likeness (QED) is 0.645. The number of nitrogens with zero attached hydrogens (tertiary/aromatic N) is 1. The van der Waals surface area contributed by atoms with Crippen LogP contribution in [0.25, 0.3) is 10.4 Å². The molecule has 1 aliphatic rings. The normalized spacial score (nSPS) is 13.3. The summed E-state index contributed by atoms with van der Waals surface area (Å²) in [5, 5.41) is 0. The van der Waals surface area contributed by atoms with Crippen molar-refractivity contribution >= 4 is 38.6 Å². The summed E-state index contributed by atoms with van der Waals surface area (Å²) in [7, 11) is -2.16. The fourth-order valence-corrected chi connectivity index (χ4v) is 5.73. The Bertz CT molecular complexity index is 1040. The van der Waals surface area contributed by atoms with Crippen LogP contribution in [0.2, 0.25) is 4.34 Å². The summed E-state index contributed by atoms with van der Waals surface area (Å²) in [5.74, 6) is 0.613. The molecule has 0 aliphatic carbocycles. The van der Waals surface area contributed by atoms with E-state index in [9.17, 15) is 8.42 Å². The van der Waals surface area contributed by atoms with Gasteiger partial charge in [-0.3, -0.25) is 4.31 Å². The van der Waals surface area contributed by atoms with Crippen LogP contribution < -0.4 is 9.04 Å². The van der Waals surface area contributed by atoms with Gasteiger partial charge in [-0.2, -0.15) is 0 Å². The molecule has 7 heteroatoms. The summed E-state index contributed by atoms with van der Waals surface area (Å²) in [6.07, 6.45) is 0. The van der Waals surface area contributed by atoms with E-state index in [0.29, 0.717) is 15.8 Å². The number of anilines is 1. The summed E-state index contributed by atoms with van der Waals surface area (Å²) in [6.45, 7) is 0.282. The van der Waals surface area contributed by atoms with Gasteiger partial charge in [0.2, 0.25) is 0 Å². The molecule has 25 heavy (non-hydrogen) atoms. The summed E-state index contributed by atoms with van der Waals surface area (Å²) >= 11 is 7.59. The molecular formula is C18H14ClNO3S2. The number of ether oxygens (including phenoxy) is 1. The van der Waals surface area contributed by atoms with Gasteiger partial charge in [0.05, 0.1) is 33.5 Å². The molecule has 1 aliphatic heterocycles. The molecule has 4 rings (SSSR count). The van der Waals surface area contributed by atoms with E-state index in [2.05, 4.69) is 0 Å². The number of halogens is 1. The number of benzene rings is 2. The molecule has 0 unspecified atom stereocenters. The van der Waals surface area contributed by atoms with Gasteiger partial charge >= 0.3 is 0 Å².